The van der Waals surface area contributed by atoms with Gasteiger partial charge < -0.3 is 19.7 Å². The van der Waals surface area contributed by atoms with Gasteiger partial charge in [0.05, 0.1) is 23.3 Å². The highest BCUT2D eigenvalue weighted by Crippen LogP contribution is 2.38. The third-order valence-electron chi connectivity index (χ3n) is 4.46. The van der Waals surface area contributed by atoms with Gasteiger partial charge in [0.15, 0.2) is 23.3 Å². The quantitative estimate of drug-likeness (QED) is 0.481. The van der Waals surface area contributed by atoms with Gasteiger partial charge in [0, 0.05) is 11.0 Å². The standard InChI is InChI=1S/C22H19BrN2O7S/c1-3-25-20(28)18(33-22(25)24-14-6-4-12(5-7-14)21(29)30)9-13-8-16(31-2)17(10-15(13)23)32-11-19(26)27/h4-10H,3,11H2,1-2H3,(H,26,27)(H,29,30). The number of aliphatic carboxylic acids is 1. The second kappa shape index (κ2) is 10.5. The summed E-state index contributed by atoms with van der Waals surface area (Å²) in [4.78, 5) is 41.2. The number of carbonyl (C=O) groups excluding carboxylic acids is 1. The van der Waals surface area contributed by atoms with Crippen LogP contribution in [-0.4, -0.2) is 58.4 Å². The predicted molar refractivity (Wildman–Crippen MR) is 127 cm³/mol. The van der Waals surface area contributed by atoms with Crippen molar-refractivity contribution in [3.63, 3.8) is 0 Å². The normalized spacial score (nSPS) is 15.8. The lowest BCUT2D eigenvalue weighted by Crippen LogP contribution is -2.28. The van der Waals surface area contributed by atoms with E-state index in [1.807, 2.05) is 6.92 Å². The lowest BCUT2D eigenvalue weighted by atomic mass is 10.2. The first kappa shape index (κ1) is 24.3. The summed E-state index contributed by atoms with van der Waals surface area (Å²) in [5, 5.41) is 18.3. The van der Waals surface area contributed by atoms with Crippen molar-refractivity contribution in [2.75, 3.05) is 20.3 Å². The van der Waals surface area contributed by atoms with Crippen LogP contribution >= 0.6 is 27.7 Å². The van der Waals surface area contributed by atoms with Crippen molar-refractivity contribution in [2.45, 2.75) is 6.92 Å². The van der Waals surface area contributed by atoms with Crippen LogP contribution in [0.2, 0.25) is 0 Å². The van der Waals surface area contributed by atoms with Crippen molar-refractivity contribution >= 4 is 62.5 Å². The molecule has 1 amide bonds. The number of amidine groups is 1. The number of rotatable bonds is 8. The Balaban J connectivity index is 1.91. The molecule has 2 N–H and O–H groups in total. The molecule has 0 aromatic heterocycles. The zero-order valence-electron chi connectivity index (χ0n) is 17.6. The molecule has 172 valence electrons. The highest BCUT2D eigenvalue weighted by atomic mass is 79.9. The largest absolute Gasteiger partial charge is 0.493 e. The maximum absolute atomic E-state index is 12.9. The fourth-order valence-electron chi connectivity index (χ4n) is 2.87. The molecule has 0 radical (unpaired) electrons. The number of benzene rings is 2. The van der Waals surface area contributed by atoms with E-state index in [9.17, 15) is 14.4 Å². The number of aliphatic imine (C=N–C) groups is 1. The number of hydrogen-bond donors (Lipinski definition) is 2. The van der Waals surface area contributed by atoms with E-state index in [1.54, 1.807) is 30.3 Å². The van der Waals surface area contributed by atoms with Crippen LogP contribution in [0.5, 0.6) is 11.5 Å². The van der Waals surface area contributed by atoms with E-state index in [1.165, 1.54) is 35.9 Å². The van der Waals surface area contributed by atoms with Gasteiger partial charge in [0.25, 0.3) is 5.91 Å². The van der Waals surface area contributed by atoms with Crippen molar-refractivity contribution in [2.24, 2.45) is 4.99 Å². The summed E-state index contributed by atoms with van der Waals surface area (Å²) in [5.41, 5.74) is 1.31. The number of amides is 1. The summed E-state index contributed by atoms with van der Waals surface area (Å²) in [6.45, 7) is 1.72. The molecule has 2 aromatic rings. The topological polar surface area (TPSA) is 126 Å². The molecule has 1 aliphatic rings. The monoisotopic (exact) mass is 534 g/mol. The third-order valence-corrected chi connectivity index (χ3v) is 6.16. The Morgan fingerprint density at radius 1 is 1.18 bits per heavy atom. The number of ether oxygens (including phenoxy) is 2. The number of nitrogens with zero attached hydrogens (tertiary/aromatic N) is 2. The average molecular weight is 535 g/mol. The molecule has 1 fully saturated rings. The molecule has 1 aliphatic heterocycles. The van der Waals surface area contributed by atoms with Crippen molar-refractivity contribution in [1.29, 1.82) is 0 Å². The van der Waals surface area contributed by atoms with Gasteiger partial charge in [0.2, 0.25) is 0 Å². The molecule has 0 saturated carbocycles. The molecule has 11 heteroatoms. The van der Waals surface area contributed by atoms with Gasteiger partial charge >= 0.3 is 11.9 Å². The highest BCUT2D eigenvalue weighted by molar-refractivity contribution is 9.10. The van der Waals surface area contributed by atoms with E-state index in [4.69, 9.17) is 19.7 Å². The first-order valence-corrected chi connectivity index (χ1v) is 11.2. The van der Waals surface area contributed by atoms with E-state index >= 15 is 0 Å². The molecule has 33 heavy (non-hydrogen) atoms. The fourth-order valence-corrected chi connectivity index (χ4v) is 4.36. The van der Waals surface area contributed by atoms with Crippen molar-refractivity contribution in [3.8, 4) is 11.5 Å². The molecule has 0 aliphatic carbocycles. The average Bonchev–Trinajstić information content (AvgIpc) is 3.07. The first-order chi connectivity index (χ1) is 15.7. The Hall–Kier alpha value is -3.31. The van der Waals surface area contributed by atoms with E-state index in [-0.39, 0.29) is 17.2 Å². The number of carboxylic acid groups (broad SMARTS) is 2. The Bertz CT molecular complexity index is 1160. The number of likely N-dealkylation sites (N-methyl/N-ethyl adjacent to an activating group) is 1. The Morgan fingerprint density at radius 3 is 2.45 bits per heavy atom. The van der Waals surface area contributed by atoms with E-state index in [0.29, 0.717) is 38.1 Å². The molecular weight excluding hydrogens is 516 g/mol. The SMILES string of the molecule is CCN1C(=O)C(=Cc2cc(OC)c(OCC(=O)O)cc2Br)SC1=Nc1ccc(C(=O)O)cc1. The summed E-state index contributed by atoms with van der Waals surface area (Å²) in [6, 6.07) is 9.27. The van der Waals surface area contributed by atoms with Crippen molar-refractivity contribution in [3.05, 3.63) is 56.9 Å². The summed E-state index contributed by atoms with van der Waals surface area (Å²) in [5.74, 6) is -1.79. The minimum atomic E-state index is -1.11. The van der Waals surface area contributed by atoms with E-state index < -0.39 is 18.5 Å². The summed E-state index contributed by atoms with van der Waals surface area (Å²) in [6.07, 6.45) is 1.68. The maximum Gasteiger partial charge on any atom is 0.341 e. The zero-order chi connectivity index (χ0) is 24.1. The second-order valence-electron chi connectivity index (χ2n) is 6.61. The van der Waals surface area contributed by atoms with Crippen LogP contribution in [0.3, 0.4) is 0 Å². The summed E-state index contributed by atoms with van der Waals surface area (Å²) >= 11 is 4.62. The maximum atomic E-state index is 12.9. The molecule has 0 spiro atoms. The van der Waals surface area contributed by atoms with Gasteiger partial charge in [-0.3, -0.25) is 9.69 Å². The van der Waals surface area contributed by atoms with Gasteiger partial charge in [-0.25, -0.2) is 14.6 Å². The Kier molecular flexibility index (Phi) is 7.77. The second-order valence-corrected chi connectivity index (χ2v) is 8.48. The number of carboxylic acids is 2. The fraction of sp³-hybridized carbons (Fsp3) is 0.182. The number of halogens is 1. The van der Waals surface area contributed by atoms with E-state index in [2.05, 4.69) is 20.9 Å². The van der Waals surface area contributed by atoms with Crippen molar-refractivity contribution in [1.82, 2.24) is 4.90 Å². The van der Waals surface area contributed by atoms with E-state index in [0.717, 1.165) is 0 Å². The van der Waals surface area contributed by atoms with Gasteiger partial charge in [0.1, 0.15) is 0 Å². The Morgan fingerprint density at radius 2 is 1.88 bits per heavy atom. The van der Waals surface area contributed by atoms with Crippen LogP contribution in [-0.2, 0) is 9.59 Å². The van der Waals surface area contributed by atoms with Crippen LogP contribution in [0.4, 0.5) is 5.69 Å². The summed E-state index contributed by atoms with van der Waals surface area (Å²) in [7, 11) is 1.43. The highest BCUT2D eigenvalue weighted by Gasteiger charge is 2.32. The molecule has 3 rings (SSSR count). The van der Waals surface area contributed by atoms with Gasteiger partial charge in [-0.1, -0.05) is 15.9 Å². The molecular formula is C22H19BrN2O7S. The van der Waals surface area contributed by atoms with Crippen LogP contribution in [0.25, 0.3) is 6.08 Å². The number of methoxy groups -OCH3 is 1. The number of hydrogen-bond acceptors (Lipinski definition) is 7. The predicted octanol–water partition coefficient (Wildman–Crippen LogP) is 4.24. The van der Waals surface area contributed by atoms with Crippen molar-refractivity contribution < 1.29 is 34.1 Å². The van der Waals surface area contributed by atoms with Crippen LogP contribution in [0.1, 0.15) is 22.8 Å². The lowest BCUT2D eigenvalue weighted by Gasteiger charge is -2.12. The molecule has 9 nitrogen and oxygen atoms in total. The lowest BCUT2D eigenvalue weighted by molar-refractivity contribution is -0.139. The minimum Gasteiger partial charge on any atom is -0.493 e. The number of thioether (sulfide) groups is 1. The molecule has 1 saturated heterocycles. The molecule has 2 aromatic carbocycles. The number of aromatic carboxylic acids is 1. The first-order valence-electron chi connectivity index (χ1n) is 9.59. The minimum absolute atomic E-state index is 0.150. The number of carbonyl (C=O) groups is 3. The van der Waals surface area contributed by atoms with Gasteiger partial charge in [-0.15, -0.1) is 0 Å². The molecule has 0 bridgehead atoms. The molecule has 0 unspecified atom stereocenters. The van der Waals surface area contributed by atoms with Crippen LogP contribution in [0, 0.1) is 0 Å². The molecule has 1 heterocycles. The molecule has 0 atom stereocenters. The zero-order valence-corrected chi connectivity index (χ0v) is 20.0. The van der Waals surface area contributed by atoms with Crippen LogP contribution < -0.4 is 9.47 Å². The third kappa shape index (κ3) is 5.74. The smallest absolute Gasteiger partial charge is 0.341 e. The van der Waals surface area contributed by atoms with Gasteiger partial charge in [-0.2, -0.15) is 0 Å². The van der Waals surface area contributed by atoms with Crippen LogP contribution in [0.15, 0.2) is 50.8 Å². The Labute approximate surface area is 201 Å². The summed E-state index contributed by atoms with van der Waals surface area (Å²) < 4.78 is 11.1. The van der Waals surface area contributed by atoms with Gasteiger partial charge in [-0.05, 0) is 66.7 Å².